The summed E-state index contributed by atoms with van der Waals surface area (Å²) in [6.07, 6.45) is 10.7. The van der Waals surface area contributed by atoms with Gasteiger partial charge in [-0.15, -0.1) is 0 Å². The second kappa shape index (κ2) is 12.4. The molecule has 0 radical (unpaired) electrons. The van der Waals surface area contributed by atoms with Gasteiger partial charge in [0.25, 0.3) is 0 Å². The standard InChI is InChI=1S/C52H54O2/c53-51-41(29-15-5-1-6-16-29)47-35-25-13-23-33-38-28-40-46-34(37(38)27-39(45(33)35)49(47)43(51)31-19-9-3-10-20-31)24-14-26-36(46)48-42(30-17-7-2-8-18-30)52(54)44(50(40)48)32-21-11-4-12-22-32/h1-12,15-22,33-50H,13-14,23-28H2. The number of benzene rings is 4. The molecule has 0 aliphatic heterocycles. The van der Waals surface area contributed by atoms with Crippen molar-refractivity contribution in [2.75, 3.05) is 0 Å². The maximum atomic E-state index is 15.0. The Morgan fingerprint density at radius 2 is 0.574 bits per heavy atom. The smallest absolute Gasteiger partial charge is 0.148 e. The molecular formula is C52H54O2. The second-order valence-corrected chi connectivity index (χ2v) is 19.5. The lowest BCUT2D eigenvalue weighted by Gasteiger charge is -2.59. The van der Waals surface area contributed by atoms with Crippen molar-refractivity contribution >= 4 is 11.6 Å². The first-order chi connectivity index (χ1) is 26.7. The first kappa shape index (κ1) is 32.5. The van der Waals surface area contributed by atoms with Crippen LogP contribution in [0.15, 0.2) is 121 Å². The molecule has 2 nitrogen and oxygen atoms in total. The maximum Gasteiger partial charge on any atom is 0.148 e. The van der Waals surface area contributed by atoms with Crippen LogP contribution in [-0.2, 0) is 9.59 Å². The van der Waals surface area contributed by atoms with Crippen LogP contribution < -0.4 is 0 Å². The van der Waals surface area contributed by atoms with Crippen molar-refractivity contribution < 1.29 is 9.59 Å². The third-order valence-corrected chi connectivity index (χ3v) is 18.1. The molecule has 0 aromatic heterocycles. The van der Waals surface area contributed by atoms with Crippen LogP contribution in [0, 0.1) is 82.9 Å². The van der Waals surface area contributed by atoms with Crippen LogP contribution in [0.5, 0.6) is 0 Å². The molecule has 2 heteroatoms. The first-order valence-electron chi connectivity index (χ1n) is 22.0. The van der Waals surface area contributed by atoms with E-state index in [2.05, 4.69) is 121 Å². The van der Waals surface area contributed by atoms with Crippen molar-refractivity contribution in [2.24, 2.45) is 82.9 Å². The third kappa shape index (κ3) is 4.41. The van der Waals surface area contributed by atoms with Crippen LogP contribution >= 0.6 is 0 Å². The molecule has 12 rings (SSSR count). The number of hydrogen-bond acceptors (Lipinski definition) is 2. The van der Waals surface area contributed by atoms with Crippen LogP contribution in [0.2, 0.25) is 0 Å². The first-order valence-corrected chi connectivity index (χ1v) is 22.0. The summed E-state index contributed by atoms with van der Waals surface area (Å²) in [4.78, 5) is 29.9. The summed E-state index contributed by atoms with van der Waals surface area (Å²) in [7, 11) is 0. The molecule has 8 aliphatic carbocycles. The number of hydrogen-bond donors (Lipinski definition) is 0. The molecular weight excluding hydrogens is 657 g/mol. The number of fused-ring (bicyclic) bond motifs is 9. The van der Waals surface area contributed by atoms with E-state index in [-0.39, 0.29) is 23.7 Å². The fraction of sp³-hybridized carbons (Fsp3) is 0.500. The van der Waals surface area contributed by atoms with Crippen LogP contribution in [0.3, 0.4) is 0 Å². The SMILES string of the molecule is O=C1C(c2ccccc2)C2C3CCCC4C5CC6C7C(CCCC7C7C(c8ccccc8)C(=O)C(c8ccccc8)C67)C5CC(C43)C2C1c1ccccc1. The number of ketones is 2. The van der Waals surface area contributed by atoms with Gasteiger partial charge in [-0.05, 0) is 144 Å². The molecule has 0 heterocycles. The number of rotatable bonds is 4. The van der Waals surface area contributed by atoms with E-state index in [0.29, 0.717) is 58.9 Å². The van der Waals surface area contributed by atoms with Crippen LogP contribution in [0.4, 0.5) is 0 Å². The summed E-state index contributed by atoms with van der Waals surface area (Å²) in [5.41, 5.74) is 5.11. The normalized spacial score (nSPS) is 45.3. The molecule has 8 aliphatic rings. The zero-order chi connectivity index (χ0) is 35.7. The van der Waals surface area contributed by atoms with Crippen molar-refractivity contribution in [1.82, 2.24) is 0 Å². The van der Waals surface area contributed by atoms with E-state index < -0.39 is 0 Å². The Balaban J connectivity index is 0.964. The van der Waals surface area contributed by atoms with Crippen molar-refractivity contribution in [1.29, 1.82) is 0 Å². The highest BCUT2D eigenvalue weighted by Crippen LogP contribution is 2.76. The highest BCUT2D eigenvalue weighted by molar-refractivity contribution is 5.96. The van der Waals surface area contributed by atoms with E-state index in [4.69, 9.17) is 0 Å². The zero-order valence-corrected chi connectivity index (χ0v) is 31.4. The number of carbonyl (C=O) groups excluding carboxylic acids is 2. The molecule has 4 aromatic rings. The van der Waals surface area contributed by atoms with Crippen molar-refractivity contribution in [3.63, 3.8) is 0 Å². The van der Waals surface area contributed by atoms with E-state index in [1.807, 2.05) is 0 Å². The van der Waals surface area contributed by atoms with Crippen molar-refractivity contribution in [3.8, 4) is 0 Å². The van der Waals surface area contributed by atoms with Crippen LogP contribution in [0.25, 0.3) is 0 Å². The summed E-state index contributed by atoms with van der Waals surface area (Å²) in [5, 5.41) is 0. The Kier molecular flexibility index (Phi) is 7.43. The summed E-state index contributed by atoms with van der Waals surface area (Å²) in [5.74, 6) is 10.2. The summed E-state index contributed by atoms with van der Waals surface area (Å²) in [6, 6.07) is 44.0. The minimum atomic E-state index is 0.0276. The van der Waals surface area contributed by atoms with Gasteiger partial charge in [-0.1, -0.05) is 134 Å². The van der Waals surface area contributed by atoms with Crippen molar-refractivity contribution in [2.45, 2.75) is 75.0 Å². The Bertz CT molecular complexity index is 1890. The van der Waals surface area contributed by atoms with Gasteiger partial charge < -0.3 is 0 Å². The quantitative estimate of drug-likeness (QED) is 0.211. The second-order valence-electron chi connectivity index (χ2n) is 19.5. The van der Waals surface area contributed by atoms with Gasteiger partial charge in [-0.3, -0.25) is 9.59 Å². The van der Waals surface area contributed by atoms with E-state index >= 15 is 0 Å². The Labute approximate surface area is 321 Å². The maximum absolute atomic E-state index is 15.0. The van der Waals surface area contributed by atoms with Gasteiger partial charge in [0.1, 0.15) is 11.6 Å². The summed E-state index contributed by atoms with van der Waals surface area (Å²) in [6.45, 7) is 0. The topological polar surface area (TPSA) is 34.1 Å². The van der Waals surface area contributed by atoms with Gasteiger partial charge in [0, 0.05) is 23.7 Å². The lowest BCUT2D eigenvalue weighted by Crippen LogP contribution is -2.53. The fourth-order valence-electron chi connectivity index (χ4n) is 17.2. The summed E-state index contributed by atoms with van der Waals surface area (Å²) < 4.78 is 0. The average Bonchev–Trinajstić information content (AvgIpc) is 3.92. The lowest BCUT2D eigenvalue weighted by atomic mass is 9.46. The molecule has 4 aromatic carbocycles. The molecule has 8 saturated carbocycles. The Morgan fingerprint density at radius 1 is 0.296 bits per heavy atom. The third-order valence-electron chi connectivity index (χ3n) is 18.1. The number of carbonyl (C=O) groups is 2. The van der Waals surface area contributed by atoms with E-state index in [1.54, 1.807) is 0 Å². The Hall–Kier alpha value is -3.78. The minimum absolute atomic E-state index is 0.0276. The van der Waals surface area contributed by atoms with Crippen molar-refractivity contribution in [3.05, 3.63) is 144 Å². The van der Waals surface area contributed by atoms with E-state index in [0.717, 1.165) is 35.5 Å². The van der Waals surface area contributed by atoms with Crippen LogP contribution in [0.1, 0.15) is 97.3 Å². The van der Waals surface area contributed by atoms with Gasteiger partial charge in [-0.25, -0.2) is 0 Å². The highest BCUT2D eigenvalue weighted by Gasteiger charge is 2.72. The predicted octanol–water partition coefficient (Wildman–Crippen LogP) is 11.1. The molecule has 0 saturated heterocycles. The largest absolute Gasteiger partial charge is 0.298 e. The van der Waals surface area contributed by atoms with Gasteiger partial charge in [0.15, 0.2) is 0 Å². The summed E-state index contributed by atoms with van der Waals surface area (Å²) >= 11 is 0. The molecule has 0 spiro atoms. The van der Waals surface area contributed by atoms with Crippen LogP contribution in [-0.4, -0.2) is 11.6 Å². The Morgan fingerprint density at radius 3 is 0.889 bits per heavy atom. The van der Waals surface area contributed by atoms with Gasteiger partial charge in [-0.2, -0.15) is 0 Å². The highest BCUT2D eigenvalue weighted by atomic mass is 16.1. The van der Waals surface area contributed by atoms with Gasteiger partial charge in [0.2, 0.25) is 0 Å². The molecule has 8 fully saturated rings. The molecule has 18 atom stereocenters. The zero-order valence-electron chi connectivity index (χ0n) is 31.4. The molecule has 0 amide bonds. The van der Waals surface area contributed by atoms with E-state index in [1.165, 1.54) is 73.6 Å². The molecule has 274 valence electrons. The molecule has 0 N–H and O–H groups in total. The number of Topliss-reactive ketones (excluding diaryl/α,β-unsaturated/α-hetero) is 2. The lowest BCUT2D eigenvalue weighted by molar-refractivity contribution is -0.127. The molecule has 0 bridgehead atoms. The van der Waals surface area contributed by atoms with Gasteiger partial charge >= 0.3 is 0 Å². The van der Waals surface area contributed by atoms with Gasteiger partial charge in [0.05, 0.1) is 0 Å². The van der Waals surface area contributed by atoms with E-state index in [9.17, 15) is 9.59 Å². The monoisotopic (exact) mass is 710 g/mol. The fourth-order valence-corrected chi connectivity index (χ4v) is 17.2. The average molecular weight is 711 g/mol. The molecule has 18 unspecified atom stereocenters. The minimum Gasteiger partial charge on any atom is -0.298 e. The predicted molar refractivity (Wildman–Crippen MR) is 213 cm³/mol. The molecule has 54 heavy (non-hydrogen) atoms.